The van der Waals surface area contributed by atoms with E-state index in [1.54, 1.807) is 19.2 Å². The van der Waals surface area contributed by atoms with Gasteiger partial charge in [-0.25, -0.2) is 0 Å². The molecule has 2 aromatic rings. The second kappa shape index (κ2) is 7.08. The van der Waals surface area contributed by atoms with E-state index in [1.807, 2.05) is 30.3 Å². The number of hydrogen-bond donors (Lipinski definition) is 0. The van der Waals surface area contributed by atoms with E-state index < -0.39 is 0 Å². The first-order valence-electron chi connectivity index (χ1n) is 6.22. The first kappa shape index (κ1) is 14.6. The highest BCUT2D eigenvalue weighted by atomic mass is 35.5. The largest absolute Gasteiger partial charge is 0.491 e. The molecule has 0 aromatic heterocycles. The Hall–Kier alpha value is -1.84. The Bertz CT molecular complexity index is 596. The summed E-state index contributed by atoms with van der Waals surface area (Å²) in [6.45, 7) is 0.996. The van der Waals surface area contributed by atoms with E-state index in [2.05, 4.69) is 0 Å². The lowest BCUT2D eigenvalue weighted by Crippen LogP contribution is -2.05. The quantitative estimate of drug-likeness (QED) is 0.599. The fourth-order valence-electron chi connectivity index (χ4n) is 1.87. The Labute approximate surface area is 123 Å². The van der Waals surface area contributed by atoms with E-state index in [0.717, 1.165) is 23.2 Å². The summed E-state index contributed by atoms with van der Waals surface area (Å²) < 4.78 is 10.7. The van der Waals surface area contributed by atoms with E-state index >= 15 is 0 Å². The first-order chi connectivity index (χ1) is 9.76. The monoisotopic (exact) mass is 290 g/mol. The molecule has 0 saturated heterocycles. The molecule has 0 aliphatic rings. The smallest absolute Gasteiger partial charge is 0.151 e. The molecule has 0 fully saturated rings. The minimum Gasteiger partial charge on any atom is -0.491 e. The van der Waals surface area contributed by atoms with Crippen molar-refractivity contribution in [3.05, 3.63) is 53.1 Å². The summed E-state index contributed by atoms with van der Waals surface area (Å²) >= 11 is 5.95. The number of halogens is 1. The summed E-state index contributed by atoms with van der Waals surface area (Å²) in [6, 6.07) is 13.0. The van der Waals surface area contributed by atoms with Gasteiger partial charge < -0.3 is 9.47 Å². The van der Waals surface area contributed by atoms with Gasteiger partial charge in [0.05, 0.1) is 11.6 Å². The third-order valence-corrected chi connectivity index (χ3v) is 3.21. The van der Waals surface area contributed by atoms with E-state index in [4.69, 9.17) is 21.1 Å². The molecule has 20 heavy (non-hydrogen) atoms. The molecule has 104 valence electrons. The van der Waals surface area contributed by atoms with Gasteiger partial charge in [-0.1, -0.05) is 35.9 Å². The lowest BCUT2D eigenvalue weighted by molar-refractivity contribution is 0.112. The van der Waals surface area contributed by atoms with Crippen LogP contribution in [-0.2, 0) is 4.74 Å². The fourth-order valence-corrected chi connectivity index (χ4v) is 2.03. The van der Waals surface area contributed by atoms with Crippen LogP contribution in [0.5, 0.6) is 5.75 Å². The van der Waals surface area contributed by atoms with Crippen molar-refractivity contribution in [1.29, 1.82) is 0 Å². The number of carbonyl (C=O) groups excluding carboxylic acids is 1. The number of hydrogen-bond acceptors (Lipinski definition) is 3. The van der Waals surface area contributed by atoms with Crippen molar-refractivity contribution in [3.8, 4) is 16.9 Å². The molecule has 0 atom stereocenters. The molecule has 0 heterocycles. The second-order valence-electron chi connectivity index (χ2n) is 4.19. The zero-order valence-electron chi connectivity index (χ0n) is 11.1. The maximum atomic E-state index is 11.0. The van der Waals surface area contributed by atoms with Crippen molar-refractivity contribution >= 4 is 17.9 Å². The van der Waals surface area contributed by atoms with Crippen molar-refractivity contribution in [1.82, 2.24) is 0 Å². The number of para-hydroxylation sites is 1. The van der Waals surface area contributed by atoms with Crippen LogP contribution in [0.3, 0.4) is 0 Å². The van der Waals surface area contributed by atoms with Crippen LogP contribution in [0.4, 0.5) is 0 Å². The third-order valence-electron chi connectivity index (χ3n) is 2.87. The minimum absolute atomic E-state index is 0.446. The van der Waals surface area contributed by atoms with Gasteiger partial charge in [0.2, 0.25) is 0 Å². The molecular formula is C16H15ClO3. The summed E-state index contributed by atoms with van der Waals surface area (Å²) in [4.78, 5) is 11.0. The average molecular weight is 291 g/mol. The molecule has 0 N–H and O–H groups in total. The van der Waals surface area contributed by atoms with Gasteiger partial charge in [0, 0.05) is 18.2 Å². The molecule has 3 nitrogen and oxygen atoms in total. The second-order valence-corrected chi connectivity index (χ2v) is 4.60. The summed E-state index contributed by atoms with van der Waals surface area (Å²) in [5, 5.41) is 0.446. The molecule has 0 aliphatic carbocycles. The number of carbonyl (C=O) groups is 1. The van der Waals surface area contributed by atoms with Gasteiger partial charge in [0.1, 0.15) is 12.4 Å². The van der Waals surface area contributed by atoms with Crippen LogP contribution in [-0.4, -0.2) is 26.6 Å². The molecule has 2 rings (SSSR count). The van der Waals surface area contributed by atoms with Gasteiger partial charge in [-0.15, -0.1) is 0 Å². The molecule has 0 bridgehead atoms. The van der Waals surface area contributed by atoms with Crippen LogP contribution in [0, 0.1) is 0 Å². The van der Waals surface area contributed by atoms with Crippen LogP contribution in [0.15, 0.2) is 42.5 Å². The molecule has 0 amide bonds. The van der Waals surface area contributed by atoms with Crippen LogP contribution < -0.4 is 4.74 Å². The Kier molecular flexibility index (Phi) is 5.16. The van der Waals surface area contributed by atoms with Gasteiger partial charge in [-0.2, -0.15) is 0 Å². The molecule has 0 saturated carbocycles. The fraction of sp³-hybridized carbons (Fsp3) is 0.188. The topological polar surface area (TPSA) is 35.5 Å². The number of ether oxygens (including phenoxy) is 2. The molecular weight excluding hydrogens is 276 g/mol. The van der Waals surface area contributed by atoms with Crippen molar-refractivity contribution in [2.45, 2.75) is 0 Å². The molecule has 2 aromatic carbocycles. The Morgan fingerprint density at radius 3 is 2.70 bits per heavy atom. The maximum absolute atomic E-state index is 11.0. The average Bonchev–Trinajstić information content (AvgIpc) is 2.49. The summed E-state index contributed by atoms with van der Waals surface area (Å²) in [5.74, 6) is 0.753. The van der Waals surface area contributed by atoms with E-state index in [1.165, 1.54) is 0 Å². The molecule has 0 aliphatic heterocycles. The van der Waals surface area contributed by atoms with Crippen molar-refractivity contribution in [2.75, 3.05) is 20.3 Å². The zero-order valence-corrected chi connectivity index (χ0v) is 11.9. The third kappa shape index (κ3) is 3.38. The highest BCUT2D eigenvalue weighted by Gasteiger charge is 2.08. The molecule has 4 heteroatoms. The highest BCUT2D eigenvalue weighted by molar-refractivity contribution is 6.33. The van der Waals surface area contributed by atoms with E-state index in [9.17, 15) is 4.79 Å². The summed E-state index contributed by atoms with van der Waals surface area (Å²) in [6.07, 6.45) is 0.750. The molecule has 0 spiro atoms. The SMILES string of the molecule is COCCOc1ccccc1-c1ccc(Cl)c(C=O)c1. The standard InChI is InChI=1S/C16H15ClO3/c1-19-8-9-20-16-5-3-2-4-14(16)12-6-7-15(17)13(10-12)11-18/h2-7,10-11H,8-9H2,1H3. The highest BCUT2D eigenvalue weighted by Crippen LogP contribution is 2.31. The van der Waals surface area contributed by atoms with Gasteiger partial charge in [0.25, 0.3) is 0 Å². The van der Waals surface area contributed by atoms with Gasteiger partial charge in [-0.05, 0) is 23.8 Å². The van der Waals surface area contributed by atoms with Crippen LogP contribution in [0.25, 0.3) is 11.1 Å². The number of aldehydes is 1. The Morgan fingerprint density at radius 1 is 1.15 bits per heavy atom. The van der Waals surface area contributed by atoms with Crippen LogP contribution >= 0.6 is 11.6 Å². The Morgan fingerprint density at radius 2 is 1.95 bits per heavy atom. The van der Waals surface area contributed by atoms with Crippen molar-refractivity contribution in [2.24, 2.45) is 0 Å². The summed E-state index contributed by atoms with van der Waals surface area (Å²) in [5.41, 5.74) is 2.28. The van der Waals surface area contributed by atoms with Gasteiger partial charge in [-0.3, -0.25) is 4.79 Å². The number of rotatable bonds is 6. The van der Waals surface area contributed by atoms with Crippen molar-refractivity contribution < 1.29 is 14.3 Å². The lowest BCUT2D eigenvalue weighted by atomic mass is 10.0. The first-order valence-corrected chi connectivity index (χ1v) is 6.60. The number of benzene rings is 2. The Balaban J connectivity index is 2.34. The van der Waals surface area contributed by atoms with Crippen molar-refractivity contribution in [3.63, 3.8) is 0 Å². The van der Waals surface area contributed by atoms with E-state index in [-0.39, 0.29) is 0 Å². The predicted molar refractivity (Wildman–Crippen MR) is 79.6 cm³/mol. The number of methoxy groups -OCH3 is 1. The maximum Gasteiger partial charge on any atom is 0.151 e. The summed E-state index contributed by atoms with van der Waals surface area (Å²) in [7, 11) is 1.63. The molecule has 0 radical (unpaired) electrons. The van der Waals surface area contributed by atoms with Gasteiger partial charge >= 0.3 is 0 Å². The lowest BCUT2D eigenvalue weighted by Gasteiger charge is -2.12. The normalized spacial score (nSPS) is 10.3. The zero-order chi connectivity index (χ0) is 14.4. The van der Waals surface area contributed by atoms with Crippen LogP contribution in [0.1, 0.15) is 10.4 Å². The van der Waals surface area contributed by atoms with Gasteiger partial charge in [0.15, 0.2) is 6.29 Å². The molecule has 0 unspecified atom stereocenters. The van der Waals surface area contributed by atoms with Crippen LogP contribution in [0.2, 0.25) is 5.02 Å². The van der Waals surface area contributed by atoms with E-state index in [0.29, 0.717) is 23.8 Å². The minimum atomic E-state index is 0.446. The predicted octanol–water partition coefficient (Wildman–Crippen LogP) is 3.84.